The zero-order valence-electron chi connectivity index (χ0n) is 4.81. The average Bonchev–Trinajstić information content (AvgIpc) is 2.12. The van der Waals surface area contributed by atoms with Crippen LogP contribution >= 0.6 is 0 Å². The summed E-state index contributed by atoms with van der Waals surface area (Å²) >= 11 is 0. The van der Waals surface area contributed by atoms with Gasteiger partial charge in [0, 0.05) is 0 Å². The zero-order chi connectivity index (χ0) is 5.98. The second-order valence-electron chi connectivity index (χ2n) is 2.17. The predicted octanol–water partition coefficient (Wildman–Crippen LogP) is 0.620. The maximum absolute atomic E-state index is 10.4. The Labute approximate surface area is 49.1 Å². The van der Waals surface area contributed by atoms with E-state index < -0.39 is 0 Å². The summed E-state index contributed by atoms with van der Waals surface area (Å²) < 4.78 is 0. The first-order valence-corrected chi connectivity index (χ1v) is 2.95. The summed E-state index contributed by atoms with van der Waals surface area (Å²) in [6.45, 7) is 0. The molecule has 1 fully saturated rings. The molecule has 0 unspecified atom stereocenters. The number of primary amides is 1. The van der Waals surface area contributed by atoms with E-state index in [4.69, 9.17) is 5.73 Å². The third kappa shape index (κ3) is 0.997. The van der Waals surface area contributed by atoms with Gasteiger partial charge in [-0.3, -0.25) is 4.79 Å². The van der Waals surface area contributed by atoms with Crippen LogP contribution in [0.1, 0.15) is 25.7 Å². The lowest BCUT2D eigenvalue weighted by Gasteiger charge is -1.97. The van der Waals surface area contributed by atoms with E-state index in [0.717, 1.165) is 31.6 Å². The number of nitrogens with two attached hydrogens (primary N) is 1. The molecule has 1 rings (SSSR count). The fraction of sp³-hybridized carbons (Fsp3) is 0.667. The van der Waals surface area contributed by atoms with Crippen molar-refractivity contribution < 1.29 is 4.79 Å². The summed E-state index contributed by atoms with van der Waals surface area (Å²) in [5, 5.41) is 0. The van der Waals surface area contributed by atoms with Gasteiger partial charge in [-0.1, -0.05) is 12.8 Å². The molecular weight excluding hydrogens is 102 g/mol. The molecule has 1 aliphatic rings. The smallest absolute Gasteiger partial charge is 0.224 e. The van der Waals surface area contributed by atoms with Gasteiger partial charge in [-0.15, -0.1) is 0 Å². The van der Waals surface area contributed by atoms with Gasteiger partial charge in [0.25, 0.3) is 0 Å². The van der Waals surface area contributed by atoms with Crippen LogP contribution in [0.15, 0.2) is 0 Å². The van der Waals surface area contributed by atoms with Crippen molar-refractivity contribution in [3.8, 4) is 0 Å². The summed E-state index contributed by atoms with van der Waals surface area (Å²) in [5.74, 6) is 0.743. The lowest BCUT2D eigenvalue weighted by Crippen LogP contribution is -2.18. The highest BCUT2D eigenvalue weighted by atomic mass is 16.1. The third-order valence-electron chi connectivity index (χ3n) is 1.56. The molecule has 0 aromatic rings. The minimum Gasteiger partial charge on any atom is -0.369 e. The Balaban J connectivity index is 2.35. The molecule has 0 saturated heterocycles. The van der Waals surface area contributed by atoms with Crippen molar-refractivity contribution >= 4 is 5.91 Å². The Morgan fingerprint density at radius 1 is 1.38 bits per heavy atom. The average molecular weight is 112 g/mol. The zero-order valence-corrected chi connectivity index (χ0v) is 4.81. The van der Waals surface area contributed by atoms with E-state index in [9.17, 15) is 4.79 Å². The molecule has 8 heavy (non-hydrogen) atoms. The fourth-order valence-electron chi connectivity index (χ4n) is 1.05. The molecule has 0 heterocycles. The van der Waals surface area contributed by atoms with Crippen molar-refractivity contribution in [1.29, 1.82) is 0 Å². The Morgan fingerprint density at radius 2 is 1.88 bits per heavy atom. The highest BCUT2D eigenvalue weighted by Gasteiger charge is 2.20. The van der Waals surface area contributed by atoms with Gasteiger partial charge in [-0.05, 0) is 12.8 Å². The van der Waals surface area contributed by atoms with Crippen molar-refractivity contribution in [2.75, 3.05) is 0 Å². The maximum Gasteiger partial charge on any atom is 0.224 e. The van der Waals surface area contributed by atoms with E-state index >= 15 is 0 Å². The first kappa shape index (κ1) is 5.60. The van der Waals surface area contributed by atoms with Gasteiger partial charge >= 0.3 is 0 Å². The molecule has 0 aromatic carbocycles. The quantitative estimate of drug-likeness (QED) is 0.531. The van der Waals surface area contributed by atoms with E-state index in [1.165, 1.54) is 0 Å². The molecule has 2 N–H and O–H groups in total. The van der Waals surface area contributed by atoms with Gasteiger partial charge in [-0.25, -0.2) is 0 Å². The Hall–Kier alpha value is -0.530. The van der Waals surface area contributed by atoms with Gasteiger partial charge < -0.3 is 5.73 Å². The molecule has 1 radical (unpaired) electrons. The molecule has 1 amide bonds. The van der Waals surface area contributed by atoms with Crippen LogP contribution in [-0.2, 0) is 4.79 Å². The van der Waals surface area contributed by atoms with Crippen LogP contribution in [0.2, 0.25) is 0 Å². The van der Waals surface area contributed by atoms with Gasteiger partial charge in [0.05, 0.1) is 5.92 Å². The minimum absolute atomic E-state index is 0.192. The van der Waals surface area contributed by atoms with Crippen LogP contribution in [0.5, 0.6) is 0 Å². The van der Waals surface area contributed by atoms with E-state index in [-0.39, 0.29) is 5.91 Å². The predicted molar refractivity (Wildman–Crippen MR) is 30.9 cm³/mol. The first-order valence-electron chi connectivity index (χ1n) is 2.95. The normalized spacial score (nSPS) is 21.5. The standard InChI is InChI=1S/C6H10NO/c7-6(8)5-3-1-2-4-5/h1-4H2,(H2,7,8). The van der Waals surface area contributed by atoms with Gasteiger partial charge in [0.2, 0.25) is 5.91 Å². The molecule has 45 valence electrons. The highest BCUT2D eigenvalue weighted by Crippen LogP contribution is 2.25. The Bertz CT molecular complexity index is 94.7. The van der Waals surface area contributed by atoms with Gasteiger partial charge in [0.1, 0.15) is 0 Å². The van der Waals surface area contributed by atoms with Crippen LogP contribution in [-0.4, -0.2) is 5.91 Å². The lowest BCUT2D eigenvalue weighted by molar-refractivity contribution is -0.116. The number of carbonyl (C=O) groups excluding carboxylic acids is 1. The summed E-state index contributed by atoms with van der Waals surface area (Å²) in [6, 6.07) is 0. The van der Waals surface area contributed by atoms with Crippen molar-refractivity contribution in [3.05, 3.63) is 5.92 Å². The largest absolute Gasteiger partial charge is 0.369 e. The van der Waals surface area contributed by atoms with Crippen LogP contribution in [0.3, 0.4) is 0 Å². The summed E-state index contributed by atoms with van der Waals surface area (Å²) in [5.41, 5.74) is 5.02. The van der Waals surface area contributed by atoms with Crippen LogP contribution in [0.25, 0.3) is 0 Å². The molecule has 2 nitrogen and oxygen atoms in total. The Kier molecular flexibility index (Phi) is 1.51. The molecule has 0 atom stereocenters. The van der Waals surface area contributed by atoms with Gasteiger partial charge in [0.15, 0.2) is 0 Å². The monoisotopic (exact) mass is 112 g/mol. The number of hydrogen-bond acceptors (Lipinski definition) is 1. The number of rotatable bonds is 1. The van der Waals surface area contributed by atoms with Crippen molar-refractivity contribution in [2.45, 2.75) is 25.7 Å². The number of carbonyl (C=O) groups is 1. The Morgan fingerprint density at radius 3 is 2.12 bits per heavy atom. The van der Waals surface area contributed by atoms with Crippen LogP contribution in [0.4, 0.5) is 0 Å². The first-order chi connectivity index (χ1) is 3.80. The summed E-state index contributed by atoms with van der Waals surface area (Å²) in [7, 11) is 0. The molecule has 2 heteroatoms. The molecule has 1 saturated carbocycles. The van der Waals surface area contributed by atoms with Crippen LogP contribution in [0, 0.1) is 5.92 Å². The SMILES string of the molecule is NC(=O)[C]1CCCC1. The number of hydrogen-bond donors (Lipinski definition) is 1. The van der Waals surface area contributed by atoms with Crippen molar-refractivity contribution in [2.24, 2.45) is 5.73 Å². The van der Waals surface area contributed by atoms with E-state index in [2.05, 4.69) is 0 Å². The maximum atomic E-state index is 10.4. The molecule has 1 aliphatic carbocycles. The van der Waals surface area contributed by atoms with Gasteiger partial charge in [-0.2, -0.15) is 0 Å². The second kappa shape index (κ2) is 2.16. The summed E-state index contributed by atoms with van der Waals surface area (Å²) in [6.07, 6.45) is 4.18. The molecule has 0 aliphatic heterocycles. The molecule has 0 spiro atoms. The van der Waals surface area contributed by atoms with Crippen molar-refractivity contribution in [1.82, 2.24) is 0 Å². The third-order valence-corrected chi connectivity index (χ3v) is 1.56. The topological polar surface area (TPSA) is 43.1 Å². The second-order valence-corrected chi connectivity index (χ2v) is 2.17. The lowest BCUT2D eigenvalue weighted by atomic mass is 10.1. The van der Waals surface area contributed by atoms with Crippen molar-refractivity contribution in [3.63, 3.8) is 0 Å². The highest BCUT2D eigenvalue weighted by molar-refractivity contribution is 5.88. The molecule has 0 bridgehead atoms. The van der Waals surface area contributed by atoms with E-state index in [1.807, 2.05) is 0 Å². The van der Waals surface area contributed by atoms with E-state index in [0.29, 0.717) is 0 Å². The fourth-order valence-corrected chi connectivity index (χ4v) is 1.05. The van der Waals surface area contributed by atoms with Crippen LogP contribution < -0.4 is 5.73 Å². The number of amides is 1. The summed E-state index contributed by atoms with van der Waals surface area (Å²) in [4.78, 5) is 10.4. The minimum atomic E-state index is -0.192. The van der Waals surface area contributed by atoms with E-state index in [1.54, 1.807) is 0 Å². The molecular formula is C6H10NO. The molecule has 0 aromatic heterocycles.